The maximum Gasteiger partial charge on any atom is 0.259 e. The maximum absolute atomic E-state index is 13.5. The Bertz CT molecular complexity index is 1520. The first-order chi connectivity index (χ1) is 19.7. The van der Waals surface area contributed by atoms with Crippen LogP contribution >= 0.6 is 0 Å². The van der Waals surface area contributed by atoms with Crippen molar-refractivity contribution in [2.45, 2.75) is 25.9 Å². The lowest BCUT2D eigenvalue weighted by Gasteiger charge is -2.10. The average Bonchev–Trinajstić information content (AvgIpc) is 3.57. The summed E-state index contributed by atoms with van der Waals surface area (Å²) >= 11 is 0. The van der Waals surface area contributed by atoms with Gasteiger partial charge in [-0.3, -0.25) is 14.9 Å². The molecule has 4 aromatic rings. The van der Waals surface area contributed by atoms with Crippen molar-refractivity contribution in [3.8, 4) is 11.5 Å². The van der Waals surface area contributed by atoms with Gasteiger partial charge in [0, 0.05) is 58.4 Å². The van der Waals surface area contributed by atoms with E-state index in [0.29, 0.717) is 22.6 Å². The quantitative estimate of drug-likeness (QED) is 0.265. The number of rotatable bonds is 12. The molecule has 0 aliphatic carbocycles. The van der Waals surface area contributed by atoms with Crippen molar-refractivity contribution in [2.24, 2.45) is 0 Å². The van der Waals surface area contributed by atoms with E-state index in [1.165, 1.54) is 0 Å². The molecular weight excluding hydrogens is 518 g/mol. The molecular formula is C32H39N5O4. The van der Waals surface area contributed by atoms with E-state index in [1.54, 1.807) is 14.2 Å². The summed E-state index contributed by atoms with van der Waals surface area (Å²) in [7, 11) is 11.5. The number of aryl methyl sites for hydroxylation is 2. The number of methoxy groups -OCH3 is 2. The molecule has 1 aliphatic rings. The van der Waals surface area contributed by atoms with Gasteiger partial charge in [-0.05, 0) is 90.5 Å². The standard InChI is InChI=1S/C32H39N5O4/c1-34(2)13-7-15-36-19-25(23-17-21(40-5)9-11-27(23)36)29-30(32(39)33-31(29)38)26-20-37(16-8-14-35(3)4)28-12-10-22(41-6)18-24(26)28/h9-12,17-20H,7-8,13-16H2,1-6H3,(H,33,38,39). The Balaban J connectivity index is 1.71. The molecule has 1 N–H and O–H groups in total. The summed E-state index contributed by atoms with van der Waals surface area (Å²) in [5.74, 6) is 0.603. The highest BCUT2D eigenvalue weighted by molar-refractivity contribution is 6.50. The molecule has 0 radical (unpaired) electrons. The molecule has 216 valence electrons. The van der Waals surface area contributed by atoms with Crippen LogP contribution in [0.5, 0.6) is 11.5 Å². The minimum atomic E-state index is -0.392. The van der Waals surface area contributed by atoms with E-state index in [9.17, 15) is 9.59 Å². The van der Waals surface area contributed by atoms with Crippen LogP contribution in [0.2, 0.25) is 0 Å². The summed E-state index contributed by atoms with van der Waals surface area (Å²) in [4.78, 5) is 31.3. The second-order valence-electron chi connectivity index (χ2n) is 11.1. The van der Waals surface area contributed by atoms with E-state index in [0.717, 1.165) is 72.0 Å². The van der Waals surface area contributed by atoms with Gasteiger partial charge in [-0.25, -0.2) is 0 Å². The molecule has 2 amide bonds. The van der Waals surface area contributed by atoms with Gasteiger partial charge in [0.05, 0.1) is 25.4 Å². The molecule has 9 heteroatoms. The zero-order valence-corrected chi connectivity index (χ0v) is 24.8. The zero-order chi connectivity index (χ0) is 29.3. The third-order valence-electron chi connectivity index (χ3n) is 7.66. The minimum absolute atomic E-state index is 0.384. The fourth-order valence-corrected chi connectivity index (χ4v) is 5.66. The third-order valence-corrected chi connectivity index (χ3v) is 7.66. The van der Waals surface area contributed by atoms with Gasteiger partial charge in [-0.1, -0.05) is 0 Å². The van der Waals surface area contributed by atoms with Crippen LogP contribution < -0.4 is 14.8 Å². The van der Waals surface area contributed by atoms with Crippen LogP contribution in [-0.4, -0.2) is 86.2 Å². The maximum atomic E-state index is 13.5. The SMILES string of the molecule is COc1ccc2c(c1)c(C1=C(c3cn(CCCN(C)C)c4ccc(OC)cc34)C(=O)NC1=O)cn2CCCN(C)C. The van der Waals surface area contributed by atoms with E-state index in [4.69, 9.17) is 9.47 Å². The lowest BCUT2D eigenvalue weighted by Crippen LogP contribution is -2.22. The summed E-state index contributed by atoms with van der Waals surface area (Å²) in [6.45, 7) is 3.43. The van der Waals surface area contributed by atoms with E-state index in [-0.39, 0.29) is 0 Å². The molecule has 41 heavy (non-hydrogen) atoms. The number of nitrogens with one attached hydrogen (secondary N) is 1. The van der Waals surface area contributed by atoms with Gasteiger partial charge in [0.15, 0.2) is 0 Å². The highest BCUT2D eigenvalue weighted by Crippen LogP contribution is 2.40. The molecule has 9 nitrogen and oxygen atoms in total. The first-order valence-corrected chi connectivity index (χ1v) is 14.0. The normalized spacial score (nSPS) is 13.9. The molecule has 0 atom stereocenters. The number of fused-ring (bicyclic) bond motifs is 2. The molecule has 0 saturated heterocycles. The van der Waals surface area contributed by atoms with Crippen LogP contribution in [0.1, 0.15) is 24.0 Å². The highest BCUT2D eigenvalue weighted by Gasteiger charge is 2.35. The van der Waals surface area contributed by atoms with E-state index in [1.807, 2.05) is 48.8 Å². The Kier molecular flexibility index (Phi) is 8.19. The topological polar surface area (TPSA) is 81.0 Å². The van der Waals surface area contributed by atoms with Crippen LogP contribution in [0, 0.1) is 0 Å². The lowest BCUT2D eigenvalue weighted by atomic mass is 9.95. The number of carbonyl (C=O) groups excluding carboxylic acids is 2. The molecule has 0 bridgehead atoms. The van der Waals surface area contributed by atoms with E-state index < -0.39 is 11.8 Å². The second kappa shape index (κ2) is 11.8. The fourth-order valence-electron chi connectivity index (χ4n) is 5.66. The molecule has 3 heterocycles. The van der Waals surface area contributed by atoms with Gasteiger partial charge in [-0.2, -0.15) is 0 Å². The van der Waals surface area contributed by atoms with Gasteiger partial charge in [0.1, 0.15) is 11.5 Å². The van der Waals surface area contributed by atoms with Crippen molar-refractivity contribution in [2.75, 3.05) is 55.5 Å². The van der Waals surface area contributed by atoms with Crippen LogP contribution in [0.15, 0.2) is 48.8 Å². The van der Waals surface area contributed by atoms with Crippen molar-refractivity contribution in [3.63, 3.8) is 0 Å². The molecule has 1 aliphatic heterocycles. The Morgan fingerprint density at radius 1 is 0.683 bits per heavy atom. The number of hydrogen-bond acceptors (Lipinski definition) is 6. The van der Waals surface area contributed by atoms with Gasteiger partial charge in [-0.15, -0.1) is 0 Å². The molecule has 0 unspecified atom stereocenters. The number of carbonyl (C=O) groups is 2. The zero-order valence-electron chi connectivity index (χ0n) is 24.8. The first-order valence-electron chi connectivity index (χ1n) is 14.0. The van der Waals surface area contributed by atoms with Crippen molar-refractivity contribution >= 4 is 44.8 Å². The molecule has 2 aromatic carbocycles. The molecule has 2 aromatic heterocycles. The molecule has 0 saturated carbocycles. The predicted molar refractivity (Wildman–Crippen MR) is 163 cm³/mol. The number of benzene rings is 2. The number of aromatic nitrogens is 2. The van der Waals surface area contributed by atoms with E-state index in [2.05, 4.69) is 52.4 Å². The number of hydrogen-bond donors (Lipinski definition) is 1. The van der Waals surface area contributed by atoms with E-state index >= 15 is 0 Å². The smallest absolute Gasteiger partial charge is 0.259 e. The van der Waals surface area contributed by atoms with Gasteiger partial charge in [0.2, 0.25) is 0 Å². The van der Waals surface area contributed by atoms with Crippen molar-refractivity contribution in [3.05, 3.63) is 59.9 Å². The Morgan fingerprint density at radius 2 is 1.10 bits per heavy atom. The number of imide groups is 1. The van der Waals surface area contributed by atoms with Crippen LogP contribution in [-0.2, 0) is 22.7 Å². The number of ether oxygens (including phenoxy) is 2. The number of nitrogens with zero attached hydrogens (tertiary/aromatic N) is 4. The van der Waals surface area contributed by atoms with Gasteiger partial charge >= 0.3 is 0 Å². The van der Waals surface area contributed by atoms with Crippen molar-refractivity contribution < 1.29 is 19.1 Å². The molecule has 5 rings (SSSR count). The van der Waals surface area contributed by atoms with Crippen LogP contribution in [0.25, 0.3) is 33.0 Å². The Morgan fingerprint density at radius 3 is 1.46 bits per heavy atom. The Hall–Kier alpha value is -4.08. The summed E-state index contributed by atoms with van der Waals surface area (Å²) in [5.41, 5.74) is 4.19. The van der Waals surface area contributed by atoms with Crippen molar-refractivity contribution in [1.29, 1.82) is 0 Å². The first kappa shape index (κ1) is 28.4. The number of amides is 2. The molecule has 0 spiro atoms. The summed E-state index contributed by atoms with van der Waals surface area (Å²) < 4.78 is 15.4. The molecule has 0 fully saturated rings. The average molecular weight is 558 g/mol. The van der Waals surface area contributed by atoms with Gasteiger partial charge < -0.3 is 28.4 Å². The van der Waals surface area contributed by atoms with Gasteiger partial charge in [0.25, 0.3) is 11.8 Å². The fraction of sp³-hybridized carbons (Fsp3) is 0.375. The second-order valence-corrected chi connectivity index (χ2v) is 11.1. The van der Waals surface area contributed by atoms with Crippen LogP contribution in [0.3, 0.4) is 0 Å². The predicted octanol–water partition coefficient (Wildman–Crippen LogP) is 4.08. The minimum Gasteiger partial charge on any atom is -0.497 e. The summed E-state index contributed by atoms with van der Waals surface area (Å²) in [6.07, 6.45) is 5.90. The lowest BCUT2D eigenvalue weighted by molar-refractivity contribution is -0.122. The van der Waals surface area contributed by atoms with Crippen molar-refractivity contribution in [1.82, 2.24) is 24.3 Å². The summed E-state index contributed by atoms with van der Waals surface area (Å²) in [6, 6.07) is 11.8. The van der Waals surface area contributed by atoms with Crippen LogP contribution in [0.4, 0.5) is 0 Å². The highest BCUT2D eigenvalue weighted by atomic mass is 16.5. The largest absolute Gasteiger partial charge is 0.497 e. The third kappa shape index (κ3) is 5.60. The monoisotopic (exact) mass is 557 g/mol. The summed E-state index contributed by atoms with van der Waals surface area (Å²) in [5, 5.41) is 4.34. The Labute approximate surface area is 240 Å².